The fourth-order valence-electron chi connectivity index (χ4n) is 3.55. The van der Waals surface area contributed by atoms with Crippen molar-refractivity contribution >= 4 is 43.3 Å². The van der Waals surface area contributed by atoms with Gasteiger partial charge in [0, 0.05) is 36.6 Å². The van der Waals surface area contributed by atoms with Crippen molar-refractivity contribution in [3.05, 3.63) is 83.9 Å². The molecule has 3 aromatic rings. The molecule has 3 aromatic carbocycles. The Morgan fingerprint density at radius 1 is 0.923 bits per heavy atom. The summed E-state index contributed by atoms with van der Waals surface area (Å²) in [6, 6.07) is 17.3. The first-order chi connectivity index (χ1) is 18.4. The molecule has 0 aliphatic heterocycles. The Morgan fingerprint density at radius 2 is 1.54 bits per heavy atom. The van der Waals surface area contributed by atoms with E-state index < -0.39 is 26.1 Å². The van der Waals surface area contributed by atoms with Gasteiger partial charge in [0.15, 0.2) is 0 Å². The highest BCUT2D eigenvalue weighted by Crippen LogP contribution is 2.17. The highest BCUT2D eigenvalue weighted by atomic mass is 32.2. The van der Waals surface area contributed by atoms with Crippen molar-refractivity contribution in [3.63, 3.8) is 0 Å². The van der Waals surface area contributed by atoms with Gasteiger partial charge in [0.05, 0.1) is 16.4 Å². The third-order valence-electron chi connectivity index (χ3n) is 5.60. The van der Waals surface area contributed by atoms with Gasteiger partial charge in [0.25, 0.3) is 0 Å². The number of benzene rings is 3. The Balaban J connectivity index is 1.59. The van der Waals surface area contributed by atoms with Gasteiger partial charge in [-0.2, -0.15) is 0 Å². The van der Waals surface area contributed by atoms with Crippen LogP contribution in [0, 0.1) is 5.41 Å². The first-order valence-corrected chi connectivity index (χ1v) is 14.8. The minimum absolute atomic E-state index is 0.0239. The second kappa shape index (κ2) is 12.8. The number of nitrogens with zero attached hydrogens (tertiary/aromatic N) is 1. The second-order valence-electron chi connectivity index (χ2n) is 8.35. The molecule has 208 valence electrons. The zero-order chi connectivity index (χ0) is 28.6. The van der Waals surface area contributed by atoms with Gasteiger partial charge in [-0.1, -0.05) is 24.3 Å². The van der Waals surface area contributed by atoms with E-state index in [2.05, 4.69) is 15.4 Å². The van der Waals surface area contributed by atoms with E-state index in [9.17, 15) is 26.7 Å². The van der Waals surface area contributed by atoms with Crippen LogP contribution in [0.5, 0.6) is 0 Å². The van der Waals surface area contributed by atoms with Gasteiger partial charge in [0.1, 0.15) is 5.84 Å². The van der Waals surface area contributed by atoms with Gasteiger partial charge in [-0.05, 0) is 61.0 Å². The van der Waals surface area contributed by atoms with Gasteiger partial charge in [-0.25, -0.2) is 31.5 Å². The van der Waals surface area contributed by atoms with E-state index in [1.54, 1.807) is 29.2 Å². The molecular formula is C25H30N6O6S2. The lowest BCUT2D eigenvalue weighted by Gasteiger charge is -2.23. The van der Waals surface area contributed by atoms with E-state index in [4.69, 9.17) is 10.5 Å². The Morgan fingerprint density at radius 3 is 2.13 bits per heavy atom. The highest BCUT2D eigenvalue weighted by molar-refractivity contribution is 7.89. The number of primary sulfonamides is 1. The fraction of sp³-hybridized carbons (Fsp3) is 0.200. The number of nitrogens with one attached hydrogen (secondary N) is 4. The van der Waals surface area contributed by atoms with Crippen LogP contribution in [-0.4, -0.2) is 58.4 Å². The molecule has 2 amide bonds. The molecule has 0 spiro atoms. The number of hydrogen-bond donors (Lipinski definition) is 6. The Kier molecular flexibility index (Phi) is 9.77. The van der Waals surface area contributed by atoms with Crippen LogP contribution in [0.2, 0.25) is 0 Å². The zero-order valence-electron chi connectivity index (χ0n) is 21.1. The van der Waals surface area contributed by atoms with Crippen molar-refractivity contribution in [2.24, 2.45) is 5.14 Å². The maximum atomic E-state index is 12.6. The molecule has 3 rings (SSSR count). The molecule has 0 aliphatic carbocycles. The zero-order valence-corrected chi connectivity index (χ0v) is 22.7. The number of aliphatic hydroxyl groups is 1. The highest BCUT2D eigenvalue weighted by Gasteiger charge is 2.15. The molecule has 39 heavy (non-hydrogen) atoms. The molecule has 7 N–H and O–H groups in total. The summed E-state index contributed by atoms with van der Waals surface area (Å²) in [5.74, 6) is 0.224. The molecule has 0 bridgehead atoms. The van der Waals surface area contributed by atoms with Crippen molar-refractivity contribution < 1.29 is 26.7 Å². The Labute approximate surface area is 227 Å². The molecule has 14 heteroatoms. The number of aliphatic hydroxyl groups excluding tert-OH is 1. The van der Waals surface area contributed by atoms with Crippen LogP contribution >= 0.6 is 0 Å². The molecule has 0 radical (unpaired) electrons. The van der Waals surface area contributed by atoms with Gasteiger partial charge >= 0.3 is 6.03 Å². The van der Waals surface area contributed by atoms with Crippen LogP contribution < -0.4 is 20.5 Å². The summed E-state index contributed by atoms with van der Waals surface area (Å²) in [6.45, 7) is 2.60. The predicted octanol–water partition coefficient (Wildman–Crippen LogP) is 2.10. The molecular weight excluding hydrogens is 544 g/mol. The SMILES string of the molecule is CCN(CCO)C(=N)c1cccc(NC(=O)Nc2ccc(S(=O)(=O)NCc3ccc(S(N)(=O)=O)cc3)cc2)c1. The number of urea groups is 1. The largest absolute Gasteiger partial charge is 0.395 e. The number of amides is 2. The standard InChI is InChI=1S/C25H30N6O6S2/c1-2-31(14-15-32)24(26)19-4-3-5-21(16-19)30-25(33)29-20-8-12-23(13-9-20)39(36,37)28-17-18-6-10-22(11-7-18)38(27,34)35/h3-13,16,26,28,32H,2,14-15,17H2,1H3,(H2,27,34,35)(H2,29,30,33). The number of likely N-dealkylation sites (N-methyl/N-ethyl adjacent to an activating group) is 1. The molecule has 0 aliphatic rings. The van der Waals surface area contributed by atoms with Crippen LogP contribution in [0.25, 0.3) is 0 Å². The minimum atomic E-state index is -3.88. The van der Waals surface area contributed by atoms with Gasteiger partial charge in [0.2, 0.25) is 20.0 Å². The summed E-state index contributed by atoms with van der Waals surface area (Å²) in [5.41, 5.74) is 1.92. The summed E-state index contributed by atoms with van der Waals surface area (Å²) in [4.78, 5) is 14.1. The normalized spacial score (nSPS) is 11.6. The molecule has 0 unspecified atom stereocenters. The van der Waals surface area contributed by atoms with E-state index in [1.165, 1.54) is 48.5 Å². The topological polar surface area (TPSA) is 195 Å². The second-order valence-corrected chi connectivity index (χ2v) is 11.7. The summed E-state index contributed by atoms with van der Waals surface area (Å²) < 4.78 is 50.4. The summed E-state index contributed by atoms with van der Waals surface area (Å²) in [6.07, 6.45) is 0. The number of carbonyl (C=O) groups is 1. The van der Waals surface area contributed by atoms with Crippen molar-refractivity contribution in [2.75, 3.05) is 30.3 Å². The lowest BCUT2D eigenvalue weighted by atomic mass is 10.1. The summed E-state index contributed by atoms with van der Waals surface area (Å²) >= 11 is 0. The van der Waals surface area contributed by atoms with E-state index in [0.717, 1.165) is 0 Å². The lowest BCUT2D eigenvalue weighted by molar-refractivity contribution is 0.253. The van der Waals surface area contributed by atoms with Crippen molar-refractivity contribution in [3.8, 4) is 0 Å². The molecule has 0 aromatic heterocycles. The Hall–Kier alpha value is -3.82. The van der Waals surface area contributed by atoms with Crippen molar-refractivity contribution in [1.29, 1.82) is 5.41 Å². The van der Waals surface area contributed by atoms with Crippen LogP contribution in [-0.2, 0) is 26.6 Å². The van der Waals surface area contributed by atoms with Crippen molar-refractivity contribution in [1.82, 2.24) is 9.62 Å². The van der Waals surface area contributed by atoms with Gasteiger partial charge < -0.3 is 20.6 Å². The molecule has 0 saturated carbocycles. The van der Waals surface area contributed by atoms with Crippen LogP contribution in [0.1, 0.15) is 18.1 Å². The lowest BCUT2D eigenvalue weighted by Crippen LogP contribution is -2.33. The molecule has 0 saturated heterocycles. The maximum absolute atomic E-state index is 12.6. The third-order valence-corrected chi connectivity index (χ3v) is 7.95. The monoisotopic (exact) mass is 574 g/mol. The third kappa shape index (κ3) is 8.33. The number of amidine groups is 1. The molecule has 0 heterocycles. The van der Waals surface area contributed by atoms with Gasteiger partial charge in [-0.15, -0.1) is 0 Å². The number of sulfonamides is 2. The number of anilines is 2. The van der Waals surface area contributed by atoms with Gasteiger partial charge in [-0.3, -0.25) is 5.41 Å². The smallest absolute Gasteiger partial charge is 0.323 e. The molecule has 12 nitrogen and oxygen atoms in total. The number of carbonyl (C=O) groups excluding carboxylic acids is 1. The number of nitrogens with two attached hydrogens (primary N) is 1. The van der Waals surface area contributed by atoms with E-state index in [-0.39, 0.29) is 28.8 Å². The summed E-state index contributed by atoms with van der Waals surface area (Å²) in [5, 5.41) is 27.9. The fourth-order valence-corrected chi connectivity index (χ4v) is 5.08. The van der Waals surface area contributed by atoms with E-state index in [1.807, 2.05) is 6.92 Å². The number of rotatable bonds is 11. The molecule has 0 fully saturated rings. The Bertz CT molecular complexity index is 1530. The predicted molar refractivity (Wildman–Crippen MR) is 149 cm³/mol. The first kappa shape index (κ1) is 29.7. The van der Waals surface area contributed by atoms with Crippen LogP contribution in [0.15, 0.2) is 82.6 Å². The average molecular weight is 575 g/mol. The quantitative estimate of drug-likeness (QED) is 0.149. The van der Waals surface area contributed by atoms with E-state index >= 15 is 0 Å². The van der Waals surface area contributed by atoms with Crippen molar-refractivity contribution in [2.45, 2.75) is 23.3 Å². The molecule has 0 atom stereocenters. The van der Waals surface area contributed by atoms with E-state index in [0.29, 0.717) is 35.6 Å². The minimum Gasteiger partial charge on any atom is -0.395 e. The number of hydrogen-bond acceptors (Lipinski definition) is 7. The maximum Gasteiger partial charge on any atom is 0.323 e. The summed E-state index contributed by atoms with van der Waals surface area (Å²) in [7, 11) is -7.72. The van der Waals surface area contributed by atoms with Crippen LogP contribution in [0.3, 0.4) is 0 Å². The average Bonchev–Trinajstić information content (AvgIpc) is 2.90. The van der Waals surface area contributed by atoms with Crippen LogP contribution in [0.4, 0.5) is 16.2 Å². The first-order valence-electron chi connectivity index (χ1n) is 11.8.